The molecule has 0 saturated heterocycles. The summed E-state index contributed by atoms with van der Waals surface area (Å²) in [6.07, 6.45) is 1.33. The number of hydrogen-bond acceptors (Lipinski definition) is 3. The summed E-state index contributed by atoms with van der Waals surface area (Å²) in [7, 11) is 1.76. The second-order valence-corrected chi connectivity index (χ2v) is 4.04. The molecule has 1 unspecified atom stereocenters. The van der Waals surface area contributed by atoms with Crippen molar-refractivity contribution in [2.75, 3.05) is 13.6 Å². The van der Waals surface area contributed by atoms with Crippen LogP contribution in [0.25, 0.3) is 0 Å². The molecule has 0 aliphatic carbocycles. The summed E-state index contributed by atoms with van der Waals surface area (Å²) in [5.41, 5.74) is 1.89. The molecule has 1 rings (SSSR count). The van der Waals surface area contributed by atoms with E-state index in [1.54, 1.807) is 14.0 Å². The van der Waals surface area contributed by atoms with Gasteiger partial charge in [0.15, 0.2) is 5.78 Å². The summed E-state index contributed by atoms with van der Waals surface area (Å²) in [5.74, 6) is 0.101. The highest BCUT2D eigenvalue weighted by atomic mass is 16.3. The first-order valence-corrected chi connectivity index (χ1v) is 5.58. The van der Waals surface area contributed by atoms with E-state index in [1.165, 1.54) is 0 Å². The predicted octanol–water partition coefficient (Wildman–Crippen LogP) is 1.40. The number of Topliss-reactive ketones (excluding diaryl/α,β-unsaturated/α-hetero) is 1. The van der Waals surface area contributed by atoms with Gasteiger partial charge in [-0.1, -0.05) is 24.3 Å². The number of aliphatic hydroxyl groups is 1. The number of carbonyl (C=O) groups is 1. The van der Waals surface area contributed by atoms with Gasteiger partial charge in [0.2, 0.25) is 0 Å². The fourth-order valence-corrected chi connectivity index (χ4v) is 1.50. The number of benzene rings is 1. The summed E-state index contributed by atoms with van der Waals surface area (Å²) in [6, 6.07) is 7.59. The molecule has 0 aliphatic heterocycles. The molecule has 1 aromatic carbocycles. The van der Waals surface area contributed by atoms with Crippen LogP contribution in [-0.4, -0.2) is 30.6 Å². The minimum atomic E-state index is -0.273. The third-order valence-corrected chi connectivity index (χ3v) is 2.46. The molecular formula is C13H19NO2. The normalized spacial score (nSPS) is 12.4. The third-order valence-electron chi connectivity index (χ3n) is 2.46. The van der Waals surface area contributed by atoms with E-state index >= 15 is 0 Å². The maximum Gasteiger partial charge on any atom is 0.176 e. The average Bonchev–Trinajstić information content (AvgIpc) is 2.27. The summed E-state index contributed by atoms with van der Waals surface area (Å²) in [4.78, 5) is 11.5. The highest BCUT2D eigenvalue weighted by Gasteiger charge is 2.04. The van der Waals surface area contributed by atoms with Crippen molar-refractivity contribution in [3.63, 3.8) is 0 Å². The molecule has 0 bridgehead atoms. The maximum absolute atomic E-state index is 11.5. The number of nitrogens with one attached hydrogen (secondary N) is 1. The van der Waals surface area contributed by atoms with Gasteiger partial charge in [0.25, 0.3) is 0 Å². The van der Waals surface area contributed by atoms with E-state index in [2.05, 4.69) is 5.32 Å². The number of likely N-dealkylation sites (N-methyl/N-ethyl adjacent to an activating group) is 1. The van der Waals surface area contributed by atoms with Crippen LogP contribution >= 0.6 is 0 Å². The number of ketones is 1. The lowest BCUT2D eigenvalue weighted by Gasteiger charge is -2.05. The average molecular weight is 221 g/mol. The van der Waals surface area contributed by atoms with Crippen molar-refractivity contribution in [1.82, 2.24) is 5.32 Å². The van der Waals surface area contributed by atoms with Crippen LogP contribution in [0, 0.1) is 0 Å². The fraction of sp³-hybridized carbons (Fsp3) is 0.462. The van der Waals surface area contributed by atoms with Crippen molar-refractivity contribution in [2.45, 2.75) is 25.9 Å². The van der Waals surface area contributed by atoms with E-state index in [4.69, 9.17) is 5.11 Å². The van der Waals surface area contributed by atoms with E-state index in [1.807, 2.05) is 24.3 Å². The van der Waals surface area contributed by atoms with Gasteiger partial charge in [-0.25, -0.2) is 0 Å². The minimum absolute atomic E-state index is 0.101. The lowest BCUT2D eigenvalue weighted by Crippen LogP contribution is -2.18. The second kappa shape index (κ2) is 6.40. The standard InChI is InChI=1S/C13H19NO2/c1-10(15)3-4-11-5-7-12(8-6-11)13(16)9-14-2/h5-8,10,14-15H,3-4,9H2,1-2H3. The van der Waals surface area contributed by atoms with Crippen molar-refractivity contribution in [3.05, 3.63) is 35.4 Å². The van der Waals surface area contributed by atoms with Crippen LogP contribution in [0.3, 0.4) is 0 Å². The van der Waals surface area contributed by atoms with E-state index in [9.17, 15) is 4.79 Å². The zero-order valence-corrected chi connectivity index (χ0v) is 9.86. The Bertz CT molecular complexity index is 330. The smallest absolute Gasteiger partial charge is 0.176 e. The molecule has 0 saturated carbocycles. The van der Waals surface area contributed by atoms with Gasteiger partial charge in [-0.2, -0.15) is 0 Å². The molecule has 0 amide bonds. The van der Waals surface area contributed by atoms with Gasteiger partial charge in [-0.15, -0.1) is 0 Å². The van der Waals surface area contributed by atoms with Gasteiger partial charge in [0.1, 0.15) is 0 Å². The van der Waals surface area contributed by atoms with Gasteiger partial charge >= 0.3 is 0 Å². The second-order valence-electron chi connectivity index (χ2n) is 4.04. The third kappa shape index (κ3) is 4.13. The van der Waals surface area contributed by atoms with Crippen LogP contribution in [-0.2, 0) is 6.42 Å². The number of aliphatic hydroxyl groups excluding tert-OH is 1. The predicted molar refractivity (Wildman–Crippen MR) is 64.7 cm³/mol. The molecule has 0 fully saturated rings. The van der Waals surface area contributed by atoms with E-state index in [0.717, 1.165) is 24.0 Å². The van der Waals surface area contributed by atoms with Crippen molar-refractivity contribution in [1.29, 1.82) is 0 Å². The topological polar surface area (TPSA) is 49.3 Å². The van der Waals surface area contributed by atoms with Crippen molar-refractivity contribution in [3.8, 4) is 0 Å². The summed E-state index contributed by atoms with van der Waals surface area (Å²) >= 11 is 0. The van der Waals surface area contributed by atoms with Crippen LogP contribution in [0.15, 0.2) is 24.3 Å². The fourth-order valence-electron chi connectivity index (χ4n) is 1.50. The molecule has 0 aliphatic rings. The number of carbonyl (C=O) groups excluding carboxylic acids is 1. The quantitative estimate of drug-likeness (QED) is 0.714. The molecule has 2 N–H and O–H groups in total. The lowest BCUT2D eigenvalue weighted by molar-refractivity contribution is 0.0993. The number of rotatable bonds is 6. The lowest BCUT2D eigenvalue weighted by atomic mass is 10.0. The summed E-state index contributed by atoms with van der Waals surface area (Å²) in [5, 5.41) is 12.0. The van der Waals surface area contributed by atoms with Crippen LogP contribution < -0.4 is 5.32 Å². The first-order valence-electron chi connectivity index (χ1n) is 5.58. The molecule has 1 atom stereocenters. The SMILES string of the molecule is CNCC(=O)c1ccc(CCC(C)O)cc1. The first-order chi connectivity index (χ1) is 7.63. The van der Waals surface area contributed by atoms with Crippen molar-refractivity contribution < 1.29 is 9.90 Å². The number of aryl methyl sites for hydroxylation is 1. The Balaban J connectivity index is 2.57. The summed E-state index contributed by atoms with van der Waals surface area (Å²) < 4.78 is 0. The summed E-state index contributed by atoms with van der Waals surface area (Å²) in [6.45, 7) is 2.15. The molecule has 0 heterocycles. The van der Waals surface area contributed by atoms with E-state index < -0.39 is 0 Å². The van der Waals surface area contributed by atoms with E-state index in [-0.39, 0.29) is 11.9 Å². The Morgan fingerprint density at radius 2 is 2.00 bits per heavy atom. The van der Waals surface area contributed by atoms with Gasteiger partial charge in [0.05, 0.1) is 12.6 Å². The highest BCUT2D eigenvalue weighted by Crippen LogP contribution is 2.08. The monoisotopic (exact) mass is 221 g/mol. The van der Waals surface area contributed by atoms with Gasteiger partial charge < -0.3 is 10.4 Å². The van der Waals surface area contributed by atoms with Crippen LogP contribution in [0.1, 0.15) is 29.3 Å². The first kappa shape index (κ1) is 12.9. The van der Waals surface area contributed by atoms with Crippen molar-refractivity contribution >= 4 is 5.78 Å². The Hall–Kier alpha value is -1.19. The van der Waals surface area contributed by atoms with Gasteiger partial charge in [-0.05, 0) is 32.4 Å². The molecule has 3 nitrogen and oxygen atoms in total. The van der Waals surface area contributed by atoms with Gasteiger partial charge in [-0.3, -0.25) is 4.79 Å². The zero-order chi connectivity index (χ0) is 12.0. The Morgan fingerprint density at radius 3 is 2.50 bits per heavy atom. The van der Waals surface area contributed by atoms with Crippen LogP contribution in [0.2, 0.25) is 0 Å². The van der Waals surface area contributed by atoms with Crippen LogP contribution in [0.4, 0.5) is 0 Å². The zero-order valence-electron chi connectivity index (χ0n) is 9.86. The largest absolute Gasteiger partial charge is 0.393 e. The van der Waals surface area contributed by atoms with E-state index in [0.29, 0.717) is 6.54 Å². The molecule has 16 heavy (non-hydrogen) atoms. The Kier molecular flexibility index (Phi) is 5.15. The molecule has 3 heteroatoms. The van der Waals surface area contributed by atoms with Crippen molar-refractivity contribution in [2.24, 2.45) is 0 Å². The molecule has 88 valence electrons. The molecule has 1 aromatic rings. The Morgan fingerprint density at radius 1 is 1.38 bits per heavy atom. The minimum Gasteiger partial charge on any atom is -0.393 e. The Labute approximate surface area is 96.5 Å². The maximum atomic E-state index is 11.5. The molecule has 0 aromatic heterocycles. The number of hydrogen-bond donors (Lipinski definition) is 2. The van der Waals surface area contributed by atoms with Crippen LogP contribution in [0.5, 0.6) is 0 Å². The molecule has 0 spiro atoms. The molecule has 0 radical (unpaired) electrons. The molecular weight excluding hydrogens is 202 g/mol. The van der Waals surface area contributed by atoms with Gasteiger partial charge in [0, 0.05) is 5.56 Å². The highest BCUT2D eigenvalue weighted by molar-refractivity contribution is 5.97.